The summed E-state index contributed by atoms with van der Waals surface area (Å²) in [7, 11) is 0. The summed E-state index contributed by atoms with van der Waals surface area (Å²) in [6, 6.07) is 0.492. The lowest BCUT2D eigenvalue weighted by atomic mass is 9.69. The largest absolute Gasteiger partial charge is 0.375 e. The van der Waals surface area contributed by atoms with Crippen LogP contribution in [0.15, 0.2) is 0 Å². The summed E-state index contributed by atoms with van der Waals surface area (Å²) in [5.74, 6) is 3.69. The first-order chi connectivity index (χ1) is 8.29. The van der Waals surface area contributed by atoms with Crippen molar-refractivity contribution in [3.63, 3.8) is 0 Å². The van der Waals surface area contributed by atoms with Crippen LogP contribution in [0.4, 0.5) is 0 Å². The maximum absolute atomic E-state index is 6.59. The van der Waals surface area contributed by atoms with Gasteiger partial charge >= 0.3 is 0 Å². The summed E-state index contributed by atoms with van der Waals surface area (Å²) in [6.45, 7) is 0.973. The quantitative estimate of drug-likeness (QED) is 0.798. The number of hydrogen-bond acceptors (Lipinski definition) is 2. The summed E-state index contributed by atoms with van der Waals surface area (Å²) in [5, 5.41) is 0. The van der Waals surface area contributed by atoms with Crippen LogP contribution in [-0.4, -0.2) is 18.2 Å². The highest BCUT2D eigenvalue weighted by molar-refractivity contribution is 5.08. The SMILES string of the molecule is NC(C1CCOC2(CCC2)C1)C1C2CCCC21. The Labute approximate surface area is 104 Å². The molecule has 4 atom stereocenters. The van der Waals surface area contributed by atoms with Gasteiger partial charge in [-0.25, -0.2) is 0 Å². The summed E-state index contributed by atoms with van der Waals surface area (Å²) in [5.41, 5.74) is 6.87. The van der Waals surface area contributed by atoms with Crippen LogP contribution >= 0.6 is 0 Å². The molecule has 0 bridgehead atoms. The Bertz CT molecular complexity index is 302. The summed E-state index contributed by atoms with van der Waals surface area (Å²) in [4.78, 5) is 0. The molecule has 17 heavy (non-hydrogen) atoms. The Morgan fingerprint density at radius 1 is 1.06 bits per heavy atom. The molecular weight excluding hydrogens is 210 g/mol. The van der Waals surface area contributed by atoms with Crippen molar-refractivity contribution in [2.75, 3.05) is 6.61 Å². The maximum Gasteiger partial charge on any atom is 0.0685 e. The first kappa shape index (κ1) is 10.8. The molecule has 0 aromatic rings. The van der Waals surface area contributed by atoms with E-state index in [0.29, 0.717) is 6.04 Å². The fraction of sp³-hybridized carbons (Fsp3) is 1.00. The van der Waals surface area contributed by atoms with Crippen LogP contribution in [-0.2, 0) is 4.74 Å². The number of ether oxygens (including phenoxy) is 1. The van der Waals surface area contributed by atoms with Crippen molar-refractivity contribution in [3.05, 3.63) is 0 Å². The van der Waals surface area contributed by atoms with Crippen molar-refractivity contribution >= 4 is 0 Å². The average Bonchev–Trinajstić information content (AvgIpc) is 2.79. The highest BCUT2D eigenvalue weighted by Crippen LogP contribution is 2.60. The molecule has 0 aromatic heterocycles. The molecule has 4 rings (SSSR count). The van der Waals surface area contributed by atoms with Crippen molar-refractivity contribution < 1.29 is 4.74 Å². The fourth-order valence-corrected chi connectivity index (χ4v) is 5.08. The second kappa shape index (κ2) is 3.71. The third kappa shape index (κ3) is 1.60. The van der Waals surface area contributed by atoms with Gasteiger partial charge in [0.1, 0.15) is 0 Å². The maximum atomic E-state index is 6.59. The van der Waals surface area contributed by atoms with Gasteiger partial charge in [-0.1, -0.05) is 6.42 Å². The van der Waals surface area contributed by atoms with E-state index < -0.39 is 0 Å². The topological polar surface area (TPSA) is 35.2 Å². The first-order valence-electron chi connectivity index (χ1n) is 7.69. The van der Waals surface area contributed by atoms with Gasteiger partial charge in [0.25, 0.3) is 0 Å². The van der Waals surface area contributed by atoms with Gasteiger partial charge in [-0.3, -0.25) is 0 Å². The molecule has 4 aliphatic rings. The fourth-order valence-electron chi connectivity index (χ4n) is 5.08. The Kier molecular flexibility index (Phi) is 2.36. The van der Waals surface area contributed by atoms with E-state index in [1.165, 1.54) is 51.4 Å². The predicted molar refractivity (Wildman–Crippen MR) is 67.6 cm³/mol. The Morgan fingerprint density at radius 2 is 1.82 bits per heavy atom. The molecule has 0 radical (unpaired) electrons. The second-order valence-electron chi connectivity index (χ2n) is 7.05. The van der Waals surface area contributed by atoms with Gasteiger partial charge in [-0.15, -0.1) is 0 Å². The molecule has 2 nitrogen and oxygen atoms in total. The van der Waals surface area contributed by atoms with E-state index in [2.05, 4.69) is 0 Å². The Morgan fingerprint density at radius 3 is 2.47 bits per heavy atom. The van der Waals surface area contributed by atoms with Crippen molar-refractivity contribution in [2.24, 2.45) is 29.4 Å². The zero-order valence-corrected chi connectivity index (χ0v) is 10.7. The number of fused-ring (bicyclic) bond motifs is 1. The van der Waals surface area contributed by atoms with Gasteiger partial charge in [-0.2, -0.15) is 0 Å². The third-order valence-corrected chi connectivity index (χ3v) is 6.26. The van der Waals surface area contributed by atoms with Crippen LogP contribution in [0.2, 0.25) is 0 Å². The van der Waals surface area contributed by atoms with Crippen LogP contribution in [0.25, 0.3) is 0 Å². The highest BCUT2D eigenvalue weighted by atomic mass is 16.5. The average molecular weight is 235 g/mol. The van der Waals surface area contributed by atoms with Crippen molar-refractivity contribution in [1.29, 1.82) is 0 Å². The summed E-state index contributed by atoms with van der Waals surface area (Å²) < 4.78 is 6.02. The van der Waals surface area contributed by atoms with Gasteiger partial charge in [0.05, 0.1) is 5.60 Å². The molecule has 4 unspecified atom stereocenters. The zero-order valence-electron chi connectivity index (χ0n) is 10.7. The van der Waals surface area contributed by atoms with Crippen molar-refractivity contribution in [3.8, 4) is 0 Å². The van der Waals surface area contributed by atoms with Gasteiger partial charge in [-0.05, 0) is 68.6 Å². The number of rotatable bonds is 2. The van der Waals surface area contributed by atoms with E-state index in [1.54, 1.807) is 0 Å². The molecule has 1 spiro atoms. The molecule has 4 fully saturated rings. The van der Waals surface area contributed by atoms with Crippen molar-refractivity contribution in [1.82, 2.24) is 0 Å². The summed E-state index contributed by atoms with van der Waals surface area (Å²) in [6.07, 6.45) is 10.9. The molecule has 0 aromatic carbocycles. The lowest BCUT2D eigenvalue weighted by Gasteiger charge is -2.48. The molecule has 1 aliphatic heterocycles. The van der Waals surface area contributed by atoms with Crippen LogP contribution in [0.3, 0.4) is 0 Å². The molecule has 0 amide bonds. The van der Waals surface area contributed by atoms with E-state index in [0.717, 1.165) is 30.3 Å². The molecule has 1 heterocycles. The van der Waals surface area contributed by atoms with Gasteiger partial charge in [0, 0.05) is 12.6 Å². The van der Waals surface area contributed by atoms with Gasteiger partial charge < -0.3 is 10.5 Å². The molecule has 96 valence electrons. The lowest BCUT2D eigenvalue weighted by molar-refractivity contribution is -0.146. The minimum atomic E-state index is 0.282. The Hall–Kier alpha value is -0.0800. The molecule has 1 saturated heterocycles. The molecule has 2 heteroatoms. The Balaban J connectivity index is 1.41. The van der Waals surface area contributed by atoms with Gasteiger partial charge in [0.15, 0.2) is 0 Å². The summed E-state index contributed by atoms with van der Waals surface area (Å²) >= 11 is 0. The van der Waals surface area contributed by atoms with Crippen LogP contribution < -0.4 is 5.73 Å². The standard InChI is InChI=1S/C15H25NO/c16-14(13-11-3-1-4-12(11)13)10-5-8-17-15(9-10)6-2-7-15/h10-14H,1-9,16H2. The van der Waals surface area contributed by atoms with Crippen LogP contribution in [0, 0.1) is 23.7 Å². The minimum Gasteiger partial charge on any atom is -0.375 e. The van der Waals surface area contributed by atoms with Crippen LogP contribution in [0.5, 0.6) is 0 Å². The first-order valence-corrected chi connectivity index (χ1v) is 7.69. The van der Waals surface area contributed by atoms with Crippen molar-refractivity contribution in [2.45, 2.75) is 63.0 Å². The van der Waals surface area contributed by atoms with Gasteiger partial charge in [0.2, 0.25) is 0 Å². The van der Waals surface area contributed by atoms with E-state index in [1.807, 2.05) is 0 Å². The van der Waals surface area contributed by atoms with E-state index in [4.69, 9.17) is 10.5 Å². The molecule has 3 saturated carbocycles. The smallest absolute Gasteiger partial charge is 0.0685 e. The van der Waals surface area contributed by atoms with Crippen LogP contribution in [0.1, 0.15) is 51.4 Å². The van der Waals surface area contributed by atoms with E-state index in [-0.39, 0.29) is 5.60 Å². The van der Waals surface area contributed by atoms with E-state index >= 15 is 0 Å². The monoisotopic (exact) mass is 235 g/mol. The molecular formula is C15H25NO. The number of nitrogens with two attached hydrogens (primary N) is 1. The predicted octanol–water partition coefficient (Wildman–Crippen LogP) is 2.71. The van der Waals surface area contributed by atoms with E-state index in [9.17, 15) is 0 Å². The molecule has 2 N–H and O–H groups in total. The second-order valence-corrected chi connectivity index (χ2v) is 7.05. The molecule has 3 aliphatic carbocycles. The lowest BCUT2D eigenvalue weighted by Crippen LogP contribution is -2.50. The number of hydrogen-bond donors (Lipinski definition) is 1. The third-order valence-electron chi connectivity index (χ3n) is 6.26. The zero-order chi connectivity index (χ0) is 11.5. The minimum absolute atomic E-state index is 0.282. The highest BCUT2D eigenvalue weighted by Gasteiger charge is 2.57. The normalized spacial score (nSPS) is 48.5.